The lowest BCUT2D eigenvalue weighted by Gasteiger charge is -2.30. The molecule has 10 nitrogen and oxygen atoms in total. The molecule has 5 heterocycles. The van der Waals surface area contributed by atoms with Crippen LogP contribution in [0.3, 0.4) is 0 Å². The molecule has 7 rings (SSSR count). The van der Waals surface area contributed by atoms with E-state index in [0.29, 0.717) is 53.4 Å². The summed E-state index contributed by atoms with van der Waals surface area (Å²) in [5.74, 6) is 1.33. The summed E-state index contributed by atoms with van der Waals surface area (Å²) in [6.07, 6.45) is 5.62. The summed E-state index contributed by atoms with van der Waals surface area (Å²) in [5, 5.41) is 10.5. The van der Waals surface area contributed by atoms with Crippen LogP contribution in [0.1, 0.15) is 42.5 Å². The third-order valence-electron chi connectivity index (χ3n) is 9.30. The third-order valence-corrected chi connectivity index (χ3v) is 10.1. The summed E-state index contributed by atoms with van der Waals surface area (Å²) in [7, 11) is 1.60. The Morgan fingerprint density at radius 1 is 0.875 bits per heavy atom. The topological polar surface area (TPSA) is 121 Å². The molecule has 248 valence electrons. The minimum atomic E-state index is 0.102. The molecule has 0 bridgehead atoms. The number of fused-ring (bicyclic) bond motifs is 1. The fourth-order valence-electron chi connectivity index (χ4n) is 6.78. The average Bonchev–Trinajstić information content (AvgIpc) is 3.71. The summed E-state index contributed by atoms with van der Waals surface area (Å²) >= 11 is 14.2. The van der Waals surface area contributed by atoms with E-state index >= 15 is 0 Å². The van der Waals surface area contributed by atoms with Gasteiger partial charge in [0.2, 0.25) is 17.7 Å². The highest BCUT2D eigenvalue weighted by atomic mass is 35.5. The van der Waals surface area contributed by atoms with Gasteiger partial charge in [0.25, 0.3) is 0 Å². The van der Waals surface area contributed by atoms with Crippen LogP contribution in [0.2, 0.25) is 10.0 Å². The van der Waals surface area contributed by atoms with Crippen LogP contribution in [0.15, 0.2) is 54.7 Å². The molecule has 0 aliphatic carbocycles. The van der Waals surface area contributed by atoms with E-state index in [2.05, 4.69) is 20.9 Å². The minimum absolute atomic E-state index is 0.102. The van der Waals surface area contributed by atoms with Gasteiger partial charge in [-0.25, -0.2) is 15.0 Å². The molecule has 3 N–H and O–H groups in total. The Labute approximate surface area is 289 Å². The molecule has 2 amide bonds. The maximum absolute atomic E-state index is 11.6. The first kappa shape index (κ1) is 32.5. The number of carbonyl (C=O) groups excluding carboxylic acids is 2. The van der Waals surface area contributed by atoms with Crippen molar-refractivity contribution in [1.82, 2.24) is 35.8 Å². The van der Waals surface area contributed by atoms with Gasteiger partial charge in [0.15, 0.2) is 5.82 Å². The van der Waals surface area contributed by atoms with Crippen molar-refractivity contribution >= 4 is 35.0 Å². The minimum Gasteiger partial charge on any atom is -0.481 e. The molecule has 2 saturated heterocycles. The highest BCUT2D eigenvalue weighted by Crippen LogP contribution is 2.42. The highest BCUT2D eigenvalue weighted by molar-refractivity contribution is 6.39. The number of methoxy groups -OCH3 is 1. The zero-order chi connectivity index (χ0) is 33.2. The second kappa shape index (κ2) is 14.2. The van der Waals surface area contributed by atoms with Crippen LogP contribution < -0.4 is 20.7 Å². The number of carbonyl (C=O) groups is 2. The maximum atomic E-state index is 11.6. The number of amides is 2. The summed E-state index contributed by atoms with van der Waals surface area (Å²) in [6.45, 7) is 3.72. The lowest BCUT2D eigenvalue weighted by molar-refractivity contribution is -0.120. The monoisotopic (exact) mass is 685 g/mol. The molecule has 2 aromatic carbocycles. The number of benzene rings is 2. The van der Waals surface area contributed by atoms with Gasteiger partial charge in [-0.3, -0.25) is 14.5 Å². The van der Waals surface area contributed by atoms with Crippen molar-refractivity contribution in [2.24, 2.45) is 0 Å². The van der Waals surface area contributed by atoms with Crippen LogP contribution in [0, 0.1) is 0 Å². The van der Waals surface area contributed by atoms with E-state index in [0.717, 1.165) is 78.0 Å². The second-order valence-corrected chi connectivity index (χ2v) is 13.3. The first-order chi connectivity index (χ1) is 23.4. The number of ether oxygens (including phenoxy) is 1. The van der Waals surface area contributed by atoms with E-state index in [1.54, 1.807) is 7.11 Å². The normalized spacial score (nSPS) is 19.2. The Morgan fingerprint density at radius 3 is 2.27 bits per heavy atom. The van der Waals surface area contributed by atoms with E-state index in [9.17, 15) is 9.59 Å². The standard InChI is InChI=1S/C36H37Cl2N7O3/c1-48-36-21(16-39-18-23-9-12-31(46)41-23)8-11-30(44-36)27-6-2-4-25(33(27)37)26-5-3-7-28(34(26)38)35-40-17-22-19-45(15-14-29(22)43-35)20-24-10-13-32(47)42-24/h2-8,11,17,23-24,39H,9-10,12-16,18-20H2,1H3,(H,41,46)(H,42,47)/t23-,24?/m0/s1. The number of hydrogen-bond acceptors (Lipinski definition) is 8. The van der Waals surface area contributed by atoms with Crippen molar-refractivity contribution in [2.75, 3.05) is 26.7 Å². The Morgan fingerprint density at radius 2 is 1.56 bits per heavy atom. The van der Waals surface area contributed by atoms with Gasteiger partial charge in [0.05, 0.1) is 28.5 Å². The average molecular weight is 687 g/mol. The Hall–Kier alpha value is -4.09. The molecule has 3 aliphatic rings. The fourth-order valence-corrected chi connectivity index (χ4v) is 7.42. The number of nitrogens with zero attached hydrogens (tertiary/aromatic N) is 4. The van der Waals surface area contributed by atoms with Gasteiger partial charge in [-0.15, -0.1) is 0 Å². The molecule has 2 atom stereocenters. The predicted octanol–water partition coefficient (Wildman–Crippen LogP) is 5.19. The van der Waals surface area contributed by atoms with Crippen molar-refractivity contribution < 1.29 is 14.3 Å². The number of aromatic nitrogens is 3. The molecule has 48 heavy (non-hydrogen) atoms. The fraction of sp³-hybridized carbons (Fsp3) is 0.361. The van der Waals surface area contributed by atoms with Crippen LogP contribution >= 0.6 is 23.2 Å². The number of rotatable bonds is 10. The summed E-state index contributed by atoms with van der Waals surface area (Å²) in [5.41, 5.74) is 6.77. The predicted molar refractivity (Wildman–Crippen MR) is 186 cm³/mol. The van der Waals surface area contributed by atoms with Gasteiger partial charge in [-0.1, -0.05) is 59.6 Å². The molecule has 2 fully saturated rings. The smallest absolute Gasteiger partial charge is 0.220 e. The van der Waals surface area contributed by atoms with Crippen molar-refractivity contribution in [3.63, 3.8) is 0 Å². The number of pyridine rings is 1. The van der Waals surface area contributed by atoms with Gasteiger partial charge in [-0.2, -0.15) is 0 Å². The van der Waals surface area contributed by atoms with E-state index in [1.807, 2.05) is 54.7 Å². The zero-order valence-corrected chi connectivity index (χ0v) is 28.2. The van der Waals surface area contributed by atoms with Crippen molar-refractivity contribution in [3.05, 3.63) is 81.6 Å². The second-order valence-electron chi connectivity index (χ2n) is 12.6. The van der Waals surface area contributed by atoms with Crippen LogP contribution in [-0.4, -0.2) is 70.5 Å². The summed E-state index contributed by atoms with van der Waals surface area (Å²) < 4.78 is 5.65. The van der Waals surface area contributed by atoms with E-state index in [4.69, 9.17) is 42.9 Å². The van der Waals surface area contributed by atoms with Gasteiger partial charge in [-0.05, 0) is 25.0 Å². The summed E-state index contributed by atoms with van der Waals surface area (Å²) in [6, 6.07) is 15.9. The van der Waals surface area contributed by atoms with Gasteiger partial charge >= 0.3 is 0 Å². The van der Waals surface area contributed by atoms with Crippen molar-refractivity contribution in [3.8, 4) is 39.7 Å². The first-order valence-electron chi connectivity index (χ1n) is 16.3. The van der Waals surface area contributed by atoms with Crippen molar-refractivity contribution in [1.29, 1.82) is 0 Å². The van der Waals surface area contributed by atoms with Gasteiger partial charge in [0.1, 0.15) is 0 Å². The maximum Gasteiger partial charge on any atom is 0.220 e. The lowest BCUT2D eigenvalue weighted by atomic mass is 9.98. The number of halogens is 2. The number of nitrogens with one attached hydrogen (secondary N) is 3. The van der Waals surface area contributed by atoms with E-state index in [-0.39, 0.29) is 23.9 Å². The first-order valence-corrected chi connectivity index (χ1v) is 17.1. The molecule has 0 saturated carbocycles. The lowest BCUT2D eigenvalue weighted by Crippen LogP contribution is -2.41. The molecule has 0 spiro atoms. The molecule has 0 radical (unpaired) electrons. The Kier molecular flexibility index (Phi) is 9.59. The van der Waals surface area contributed by atoms with Crippen LogP contribution in [0.4, 0.5) is 0 Å². The number of hydrogen-bond donors (Lipinski definition) is 3. The molecule has 12 heteroatoms. The Balaban J connectivity index is 1.09. The summed E-state index contributed by atoms with van der Waals surface area (Å²) in [4.78, 5) is 40.0. The molecular formula is C36H37Cl2N7O3. The highest BCUT2D eigenvalue weighted by Gasteiger charge is 2.27. The molecule has 2 aromatic heterocycles. The van der Waals surface area contributed by atoms with E-state index in [1.165, 1.54) is 0 Å². The molecule has 3 aliphatic heterocycles. The Bertz CT molecular complexity index is 1780. The van der Waals surface area contributed by atoms with Gasteiger partial charge in [0, 0.05) is 104 Å². The van der Waals surface area contributed by atoms with Crippen LogP contribution in [-0.2, 0) is 29.1 Å². The zero-order valence-electron chi connectivity index (χ0n) is 26.7. The molecular weight excluding hydrogens is 649 g/mol. The van der Waals surface area contributed by atoms with Crippen molar-refractivity contribution in [2.45, 2.75) is 57.3 Å². The SMILES string of the molecule is COc1nc(-c2cccc(-c3cccc(-c4ncc5c(n4)CCN(CC4CCC(=O)N4)C5)c3Cl)c2Cl)ccc1CNC[C@@H]1CCC(=O)N1. The molecule has 4 aromatic rings. The quantitative estimate of drug-likeness (QED) is 0.209. The third kappa shape index (κ3) is 6.89. The van der Waals surface area contributed by atoms with Crippen LogP contribution in [0.25, 0.3) is 33.8 Å². The molecule has 1 unspecified atom stereocenters. The largest absolute Gasteiger partial charge is 0.481 e. The van der Waals surface area contributed by atoms with E-state index < -0.39 is 0 Å². The van der Waals surface area contributed by atoms with Crippen LogP contribution in [0.5, 0.6) is 5.88 Å². The van der Waals surface area contributed by atoms with Gasteiger partial charge < -0.3 is 20.7 Å².